The Hall–Kier alpha value is -0.910. The molecule has 2 aromatic carbocycles. The van der Waals surface area contributed by atoms with Crippen molar-refractivity contribution in [1.29, 1.82) is 0 Å². The van der Waals surface area contributed by atoms with Gasteiger partial charge in [0.05, 0.1) is 4.47 Å². The SMILES string of the molecule is CNCc1ccc(COc2ccc(F)c(Br)c2)c(Br)c1. The zero-order valence-corrected chi connectivity index (χ0v) is 14.1. The molecule has 0 aliphatic rings. The van der Waals surface area contributed by atoms with E-state index in [9.17, 15) is 4.39 Å². The van der Waals surface area contributed by atoms with Gasteiger partial charge in [0.2, 0.25) is 0 Å². The third-order valence-electron chi connectivity index (χ3n) is 2.78. The molecule has 0 unspecified atom stereocenters. The van der Waals surface area contributed by atoms with Crippen LogP contribution in [0.15, 0.2) is 45.3 Å². The molecule has 2 rings (SSSR count). The van der Waals surface area contributed by atoms with Gasteiger partial charge in [-0.2, -0.15) is 0 Å². The van der Waals surface area contributed by atoms with Gasteiger partial charge in [0.25, 0.3) is 0 Å². The summed E-state index contributed by atoms with van der Waals surface area (Å²) in [4.78, 5) is 0. The second-order valence-corrected chi connectivity index (χ2v) is 6.03. The number of nitrogens with one attached hydrogen (secondary N) is 1. The highest BCUT2D eigenvalue weighted by molar-refractivity contribution is 9.10. The first-order valence-corrected chi connectivity index (χ1v) is 7.68. The molecule has 2 aromatic rings. The fourth-order valence-corrected chi connectivity index (χ4v) is 2.65. The fraction of sp³-hybridized carbons (Fsp3) is 0.200. The summed E-state index contributed by atoms with van der Waals surface area (Å²) in [5.74, 6) is 0.333. The number of ether oxygens (including phenoxy) is 1. The minimum Gasteiger partial charge on any atom is -0.489 e. The monoisotopic (exact) mass is 401 g/mol. The lowest BCUT2D eigenvalue weighted by Gasteiger charge is -2.10. The van der Waals surface area contributed by atoms with E-state index in [1.54, 1.807) is 12.1 Å². The van der Waals surface area contributed by atoms with E-state index >= 15 is 0 Å². The normalized spacial score (nSPS) is 10.6. The van der Waals surface area contributed by atoms with Crippen molar-refractivity contribution in [1.82, 2.24) is 5.32 Å². The van der Waals surface area contributed by atoms with Gasteiger partial charge in [-0.25, -0.2) is 4.39 Å². The van der Waals surface area contributed by atoms with Crippen LogP contribution in [0.2, 0.25) is 0 Å². The topological polar surface area (TPSA) is 21.3 Å². The lowest BCUT2D eigenvalue weighted by Crippen LogP contribution is -2.05. The summed E-state index contributed by atoms with van der Waals surface area (Å²) in [5, 5.41) is 3.11. The molecule has 0 radical (unpaired) electrons. The predicted octanol–water partition coefficient (Wildman–Crippen LogP) is 4.65. The lowest BCUT2D eigenvalue weighted by molar-refractivity contribution is 0.304. The molecular formula is C15H14Br2FNO. The Balaban J connectivity index is 2.05. The maximum absolute atomic E-state index is 13.1. The summed E-state index contributed by atoms with van der Waals surface area (Å²) in [6, 6.07) is 10.8. The zero-order valence-electron chi connectivity index (χ0n) is 10.9. The molecule has 2 nitrogen and oxygen atoms in total. The average Bonchev–Trinajstić information content (AvgIpc) is 2.42. The first-order valence-electron chi connectivity index (χ1n) is 6.10. The van der Waals surface area contributed by atoms with Crippen LogP contribution in [0.3, 0.4) is 0 Å². The smallest absolute Gasteiger partial charge is 0.137 e. The molecule has 20 heavy (non-hydrogen) atoms. The van der Waals surface area contributed by atoms with Crippen molar-refractivity contribution >= 4 is 31.9 Å². The van der Waals surface area contributed by atoms with Gasteiger partial charge in [0.1, 0.15) is 18.2 Å². The summed E-state index contributed by atoms with van der Waals surface area (Å²) in [5.41, 5.74) is 2.25. The molecule has 0 atom stereocenters. The van der Waals surface area contributed by atoms with Gasteiger partial charge < -0.3 is 10.1 Å². The predicted molar refractivity (Wildman–Crippen MR) is 85.3 cm³/mol. The molecule has 5 heteroatoms. The van der Waals surface area contributed by atoms with Crippen LogP contribution in [-0.4, -0.2) is 7.05 Å². The third kappa shape index (κ3) is 4.04. The van der Waals surface area contributed by atoms with Crippen LogP contribution in [0.5, 0.6) is 5.75 Å². The van der Waals surface area contributed by atoms with Crippen LogP contribution >= 0.6 is 31.9 Å². The van der Waals surface area contributed by atoms with Crippen molar-refractivity contribution in [3.63, 3.8) is 0 Å². The standard InChI is InChI=1S/C15H14Br2FNO/c1-19-8-10-2-3-11(13(16)6-10)9-20-12-4-5-15(18)14(17)7-12/h2-7,19H,8-9H2,1H3. The van der Waals surface area contributed by atoms with E-state index in [-0.39, 0.29) is 5.82 Å². The molecule has 0 saturated carbocycles. The summed E-state index contributed by atoms with van der Waals surface area (Å²) >= 11 is 6.68. The highest BCUT2D eigenvalue weighted by atomic mass is 79.9. The Morgan fingerprint density at radius 3 is 2.55 bits per heavy atom. The van der Waals surface area contributed by atoms with Gasteiger partial charge in [0, 0.05) is 16.6 Å². The first kappa shape index (κ1) is 15.5. The molecule has 0 bridgehead atoms. The van der Waals surface area contributed by atoms with Gasteiger partial charge in [-0.05, 0) is 52.8 Å². The van der Waals surface area contributed by atoms with E-state index in [0.717, 1.165) is 16.6 Å². The van der Waals surface area contributed by atoms with Crippen LogP contribution in [0, 0.1) is 5.82 Å². The van der Waals surface area contributed by atoms with Crippen molar-refractivity contribution in [2.45, 2.75) is 13.2 Å². The highest BCUT2D eigenvalue weighted by Crippen LogP contribution is 2.24. The quantitative estimate of drug-likeness (QED) is 0.785. The third-order valence-corrected chi connectivity index (χ3v) is 4.13. The molecular weight excluding hydrogens is 389 g/mol. The van der Waals surface area contributed by atoms with E-state index in [1.165, 1.54) is 11.6 Å². The van der Waals surface area contributed by atoms with Crippen molar-refractivity contribution in [2.24, 2.45) is 0 Å². The molecule has 0 aliphatic heterocycles. The maximum Gasteiger partial charge on any atom is 0.137 e. The minimum absolute atomic E-state index is 0.296. The summed E-state index contributed by atoms with van der Waals surface area (Å²) < 4.78 is 20.2. The van der Waals surface area contributed by atoms with E-state index in [4.69, 9.17) is 4.74 Å². The molecule has 1 N–H and O–H groups in total. The van der Waals surface area contributed by atoms with Crippen molar-refractivity contribution in [3.8, 4) is 5.75 Å². The Labute approximate surface area is 134 Å². The average molecular weight is 403 g/mol. The number of hydrogen-bond donors (Lipinski definition) is 1. The highest BCUT2D eigenvalue weighted by Gasteiger charge is 2.05. The van der Waals surface area contributed by atoms with E-state index < -0.39 is 0 Å². The Kier molecular flexibility index (Phi) is 5.57. The summed E-state index contributed by atoms with van der Waals surface area (Å²) in [6.45, 7) is 1.25. The van der Waals surface area contributed by atoms with Crippen molar-refractivity contribution < 1.29 is 9.13 Å². The molecule has 0 amide bonds. The maximum atomic E-state index is 13.1. The number of halogens is 3. The second-order valence-electron chi connectivity index (χ2n) is 4.32. The van der Waals surface area contributed by atoms with Crippen molar-refractivity contribution in [2.75, 3.05) is 7.05 Å². The van der Waals surface area contributed by atoms with Crippen LogP contribution in [0.4, 0.5) is 4.39 Å². The molecule has 0 heterocycles. The molecule has 0 aromatic heterocycles. The van der Waals surface area contributed by atoms with Crippen molar-refractivity contribution in [3.05, 3.63) is 62.3 Å². The van der Waals surface area contributed by atoms with Gasteiger partial charge in [0.15, 0.2) is 0 Å². The van der Waals surface area contributed by atoms with Gasteiger partial charge in [-0.3, -0.25) is 0 Å². The minimum atomic E-state index is -0.296. The molecule has 0 saturated heterocycles. The van der Waals surface area contributed by atoms with Crippen LogP contribution in [-0.2, 0) is 13.2 Å². The Morgan fingerprint density at radius 2 is 1.90 bits per heavy atom. The number of benzene rings is 2. The largest absolute Gasteiger partial charge is 0.489 e. The second kappa shape index (κ2) is 7.20. The van der Waals surface area contributed by atoms with E-state index in [2.05, 4.69) is 49.3 Å². The molecule has 106 valence electrons. The number of hydrogen-bond acceptors (Lipinski definition) is 2. The lowest BCUT2D eigenvalue weighted by atomic mass is 10.1. The fourth-order valence-electron chi connectivity index (χ4n) is 1.75. The van der Waals surface area contributed by atoms with Gasteiger partial charge in [-0.1, -0.05) is 28.1 Å². The van der Waals surface area contributed by atoms with Gasteiger partial charge in [-0.15, -0.1) is 0 Å². The Bertz CT molecular complexity index is 604. The number of rotatable bonds is 5. The molecule has 0 fully saturated rings. The summed E-state index contributed by atoms with van der Waals surface area (Å²) in [7, 11) is 1.91. The van der Waals surface area contributed by atoms with Crippen LogP contribution < -0.4 is 10.1 Å². The summed E-state index contributed by atoms with van der Waals surface area (Å²) in [6.07, 6.45) is 0. The Morgan fingerprint density at radius 1 is 1.10 bits per heavy atom. The molecule has 0 spiro atoms. The van der Waals surface area contributed by atoms with Crippen LogP contribution in [0.25, 0.3) is 0 Å². The first-order chi connectivity index (χ1) is 9.60. The van der Waals surface area contributed by atoms with Crippen LogP contribution in [0.1, 0.15) is 11.1 Å². The van der Waals surface area contributed by atoms with E-state index in [1.807, 2.05) is 13.1 Å². The molecule has 0 aliphatic carbocycles. The van der Waals surface area contributed by atoms with E-state index in [0.29, 0.717) is 16.8 Å². The zero-order chi connectivity index (χ0) is 14.5. The van der Waals surface area contributed by atoms with Gasteiger partial charge >= 0.3 is 0 Å².